The molecule has 16 heavy (non-hydrogen) atoms. The molecule has 84 valence electrons. The highest BCUT2D eigenvalue weighted by molar-refractivity contribution is 8.14. The smallest absolute Gasteiger partial charge is 0.230 e. The lowest BCUT2D eigenvalue weighted by Crippen LogP contribution is -2.28. The third-order valence-corrected chi connectivity index (χ3v) is 3.17. The second-order valence-electron chi connectivity index (χ2n) is 3.75. The predicted molar refractivity (Wildman–Crippen MR) is 67.8 cm³/mol. The Morgan fingerprint density at radius 2 is 2.44 bits per heavy atom. The fourth-order valence-corrected chi connectivity index (χ4v) is 2.33. The quantitative estimate of drug-likeness (QED) is 0.847. The van der Waals surface area contributed by atoms with E-state index in [1.807, 2.05) is 31.2 Å². The zero-order valence-electron chi connectivity index (χ0n) is 9.19. The van der Waals surface area contributed by atoms with Crippen LogP contribution in [0, 0.1) is 6.92 Å². The first kappa shape index (κ1) is 11.2. The summed E-state index contributed by atoms with van der Waals surface area (Å²) in [6, 6.07) is 8.00. The van der Waals surface area contributed by atoms with E-state index < -0.39 is 0 Å². The summed E-state index contributed by atoms with van der Waals surface area (Å²) in [5.74, 6) is 0.985. The minimum absolute atomic E-state index is 0.0127. The first-order chi connectivity index (χ1) is 7.74. The van der Waals surface area contributed by atoms with Crippen LogP contribution in [-0.4, -0.2) is 23.4 Å². The van der Waals surface area contributed by atoms with Gasteiger partial charge in [-0.2, -0.15) is 0 Å². The van der Waals surface area contributed by atoms with Crippen molar-refractivity contribution < 1.29 is 4.79 Å². The van der Waals surface area contributed by atoms with E-state index in [9.17, 15) is 4.79 Å². The summed E-state index contributed by atoms with van der Waals surface area (Å²) in [7, 11) is 0. The zero-order chi connectivity index (χ0) is 11.4. The van der Waals surface area contributed by atoms with Crippen LogP contribution in [0.3, 0.4) is 0 Å². The number of thioether (sulfide) groups is 1. The van der Waals surface area contributed by atoms with Gasteiger partial charge in [-0.25, -0.2) is 0 Å². The topological polar surface area (TPSA) is 41.5 Å². The summed E-state index contributed by atoms with van der Waals surface area (Å²) < 4.78 is 0. The molecule has 1 aromatic rings. The molecule has 1 N–H and O–H groups in total. The maximum atomic E-state index is 11.7. The number of nitrogens with one attached hydrogen (secondary N) is 1. The molecule has 1 heterocycles. The Morgan fingerprint density at radius 3 is 3.12 bits per heavy atom. The average Bonchev–Trinajstić information content (AvgIpc) is 2.70. The van der Waals surface area contributed by atoms with Gasteiger partial charge in [0.05, 0.1) is 13.0 Å². The van der Waals surface area contributed by atoms with Crippen molar-refractivity contribution in [2.75, 3.05) is 12.3 Å². The maximum Gasteiger partial charge on any atom is 0.230 e. The van der Waals surface area contributed by atoms with Crippen molar-refractivity contribution in [2.24, 2.45) is 4.99 Å². The molecule has 0 spiro atoms. The number of aliphatic imine (C=N–C) groups is 1. The average molecular weight is 234 g/mol. The van der Waals surface area contributed by atoms with E-state index in [0.29, 0.717) is 6.42 Å². The molecule has 0 aromatic heterocycles. The molecule has 4 heteroatoms. The Kier molecular flexibility index (Phi) is 3.62. The highest BCUT2D eigenvalue weighted by Gasteiger charge is 2.10. The standard InChI is InChI=1S/C12H14N2OS/c1-9-3-2-4-10(7-9)8-11(15)14-12-13-5-6-16-12/h2-4,7H,5-6,8H2,1H3,(H,13,14,15). The van der Waals surface area contributed by atoms with E-state index in [1.54, 1.807) is 11.8 Å². The number of aryl methyl sites for hydroxylation is 1. The van der Waals surface area contributed by atoms with Crippen LogP contribution in [-0.2, 0) is 11.2 Å². The molecule has 0 radical (unpaired) electrons. The monoisotopic (exact) mass is 234 g/mol. The molecule has 1 aliphatic rings. The van der Waals surface area contributed by atoms with Crippen LogP contribution in [0.15, 0.2) is 29.3 Å². The molecule has 1 aliphatic heterocycles. The number of nitrogens with zero attached hydrogens (tertiary/aromatic N) is 1. The molecular formula is C12H14N2OS. The van der Waals surface area contributed by atoms with Gasteiger partial charge in [0, 0.05) is 5.75 Å². The molecule has 0 aliphatic carbocycles. The van der Waals surface area contributed by atoms with Crippen LogP contribution in [0.1, 0.15) is 11.1 Å². The lowest BCUT2D eigenvalue weighted by molar-refractivity contribution is -0.119. The van der Waals surface area contributed by atoms with Gasteiger partial charge < -0.3 is 5.32 Å². The van der Waals surface area contributed by atoms with E-state index >= 15 is 0 Å². The van der Waals surface area contributed by atoms with E-state index in [4.69, 9.17) is 0 Å². The molecule has 1 amide bonds. The molecule has 0 bridgehead atoms. The van der Waals surface area contributed by atoms with Crippen molar-refractivity contribution in [3.8, 4) is 0 Å². The first-order valence-electron chi connectivity index (χ1n) is 5.27. The molecule has 1 aromatic carbocycles. The number of carbonyl (C=O) groups excluding carboxylic acids is 1. The Morgan fingerprint density at radius 1 is 1.56 bits per heavy atom. The summed E-state index contributed by atoms with van der Waals surface area (Å²) in [6.45, 7) is 2.84. The number of hydrogen-bond donors (Lipinski definition) is 1. The van der Waals surface area contributed by atoms with Gasteiger partial charge in [0.15, 0.2) is 5.17 Å². The number of amidine groups is 1. The van der Waals surface area contributed by atoms with Crippen molar-refractivity contribution >= 4 is 22.8 Å². The van der Waals surface area contributed by atoms with Crippen LogP contribution in [0.5, 0.6) is 0 Å². The van der Waals surface area contributed by atoms with Gasteiger partial charge in [0.1, 0.15) is 0 Å². The number of amides is 1. The summed E-state index contributed by atoms with van der Waals surface area (Å²) in [6.07, 6.45) is 0.418. The highest BCUT2D eigenvalue weighted by atomic mass is 32.2. The SMILES string of the molecule is Cc1cccc(CC(=O)NC2=NCCS2)c1. The third kappa shape index (κ3) is 3.10. The van der Waals surface area contributed by atoms with Crippen LogP contribution < -0.4 is 5.32 Å². The lowest BCUT2D eigenvalue weighted by atomic mass is 10.1. The van der Waals surface area contributed by atoms with Gasteiger partial charge in [0.25, 0.3) is 0 Å². The van der Waals surface area contributed by atoms with E-state index in [0.717, 1.165) is 23.0 Å². The van der Waals surface area contributed by atoms with Gasteiger partial charge in [0.2, 0.25) is 5.91 Å². The van der Waals surface area contributed by atoms with Gasteiger partial charge >= 0.3 is 0 Å². The van der Waals surface area contributed by atoms with Gasteiger partial charge in [-0.15, -0.1) is 0 Å². The molecule has 0 saturated heterocycles. The Bertz CT molecular complexity index is 429. The molecule has 0 atom stereocenters. The summed E-state index contributed by atoms with van der Waals surface area (Å²) in [5, 5.41) is 3.58. The van der Waals surface area contributed by atoms with Gasteiger partial charge in [-0.1, -0.05) is 41.6 Å². The van der Waals surface area contributed by atoms with Crippen LogP contribution in [0.25, 0.3) is 0 Å². The fraction of sp³-hybridized carbons (Fsp3) is 0.333. The van der Waals surface area contributed by atoms with Crippen molar-refractivity contribution in [3.63, 3.8) is 0 Å². The van der Waals surface area contributed by atoms with E-state index in [2.05, 4.69) is 10.3 Å². The van der Waals surface area contributed by atoms with Crippen molar-refractivity contribution in [1.29, 1.82) is 0 Å². The highest BCUT2D eigenvalue weighted by Crippen LogP contribution is 2.09. The third-order valence-electron chi connectivity index (χ3n) is 2.28. The van der Waals surface area contributed by atoms with Crippen molar-refractivity contribution in [3.05, 3.63) is 35.4 Å². The second-order valence-corrected chi connectivity index (χ2v) is 4.83. The molecule has 0 fully saturated rings. The Labute approximate surface area is 99.3 Å². The van der Waals surface area contributed by atoms with Crippen LogP contribution in [0.4, 0.5) is 0 Å². The minimum atomic E-state index is 0.0127. The van der Waals surface area contributed by atoms with Crippen molar-refractivity contribution in [1.82, 2.24) is 5.32 Å². The first-order valence-corrected chi connectivity index (χ1v) is 6.25. The molecule has 0 unspecified atom stereocenters. The lowest BCUT2D eigenvalue weighted by Gasteiger charge is -2.04. The number of carbonyl (C=O) groups is 1. The number of benzene rings is 1. The summed E-state index contributed by atoms with van der Waals surface area (Å²) >= 11 is 1.60. The predicted octanol–water partition coefficient (Wildman–Crippen LogP) is 1.76. The van der Waals surface area contributed by atoms with Crippen molar-refractivity contribution in [2.45, 2.75) is 13.3 Å². The Hall–Kier alpha value is -1.29. The van der Waals surface area contributed by atoms with Crippen LogP contribution >= 0.6 is 11.8 Å². The molecule has 0 saturated carbocycles. The fourth-order valence-electron chi connectivity index (χ4n) is 1.58. The van der Waals surface area contributed by atoms with Crippen LogP contribution in [0.2, 0.25) is 0 Å². The zero-order valence-corrected chi connectivity index (χ0v) is 10.0. The van der Waals surface area contributed by atoms with E-state index in [-0.39, 0.29) is 5.91 Å². The maximum absolute atomic E-state index is 11.7. The normalized spacial score (nSPS) is 14.7. The van der Waals surface area contributed by atoms with E-state index in [1.165, 1.54) is 5.56 Å². The van der Waals surface area contributed by atoms with Gasteiger partial charge in [-0.3, -0.25) is 9.79 Å². The van der Waals surface area contributed by atoms with Gasteiger partial charge in [-0.05, 0) is 12.5 Å². The number of hydrogen-bond acceptors (Lipinski definition) is 3. The second kappa shape index (κ2) is 5.16. The molecular weight excluding hydrogens is 220 g/mol. The molecule has 2 rings (SSSR count). The summed E-state index contributed by atoms with van der Waals surface area (Å²) in [5.41, 5.74) is 2.22. The number of rotatable bonds is 2. The summed E-state index contributed by atoms with van der Waals surface area (Å²) in [4.78, 5) is 15.9. The Balaban J connectivity index is 1.91. The minimum Gasteiger partial charge on any atom is -0.305 e. The molecule has 3 nitrogen and oxygen atoms in total. The largest absolute Gasteiger partial charge is 0.305 e.